The zero-order valence-electron chi connectivity index (χ0n) is 18.1. The van der Waals surface area contributed by atoms with Gasteiger partial charge in [-0.25, -0.2) is 0 Å². The van der Waals surface area contributed by atoms with Gasteiger partial charge < -0.3 is 23.6 Å². The molecule has 34 heavy (non-hydrogen) atoms. The number of ether oxygens (including phenoxy) is 2. The van der Waals surface area contributed by atoms with Crippen LogP contribution in [0.4, 0.5) is 0 Å². The summed E-state index contributed by atoms with van der Waals surface area (Å²) >= 11 is 12.3. The number of amides is 1. The minimum atomic E-state index is -0.704. The van der Waals surface area contributed by atoms with Gasteiger partial charge in [-0.2, -0.15) is 0 Å². The Labute approximate surface area is 206 Å². The molecule has 2 heterocycles. The zero-order chi connectivity index (χ0) is 23.7. The summed E-state index contributed by atoms with van der Waals surface area (Å²) in [5.41, 5.74) is 0. The summed E-state index contributed by atoms with van der Waals surface area (Å²) in [5, 5.41) is 3.52. The molecule has 178 valence electrons. The Hall–Kier alpha value is -2.90. The number of benzene rings is 1. The monoisotopic (exact) mass is 503 g/mol. The number of hydrogen-bond donors (Lipinski definition) is 1. The van der Waals surface area contributed by atoms with Crippen LogP contribution >= 0.6 is 23.2 Å². The van der Waals surface area contributed by atoms with E-state index in [-0.39, 0.29) is 53.7 Å². The summed E-state index contributed by atoms with van der Waals surface area (Å²) in [7, 11) is 0. The molecule has 0 bridgehead atoms. The largest absolute Gasteiger partial charge is 0.488 e. The van der Waals surface area contributed by atoms with Gasteiger partial charge in [0, 0.05) is 17.8 Å². The number of esters is 1. The van der Waals surface area contributed by atoms with E-state index in [9.17, 15) is 9.59 Å². The first kappa shape index (κ1) is 22.9. The van der Waals surface area contributed by atoms with Crippen LogP contribution in [0.15, 0.2) is 63.8 Å². The average Bonchev–Trinajstić information content (AvgIpc) is 3.68. The maximum absolute atomic E-state index is 12.8. The van der Waals surface area contributed by atoms with Crippen LogP contribution in [0.3, 0.4) is 0 Å². The topological polar surface area (TPSA) is 90.9 Å². The minimum absolute atomic E-state index is 0.0104. The van der Waals surface area contributed by atoms with Gasteiger partial charge in [0.25, 0.3) is 0 Å². The highest BCUT2D eigenvalue weighted by Crippen LogP contribution is 2.49. The molecule has 2 aromatic heterocycles. The minimum Gasteiger partial charge on any atom is -0.488 e. The molecule has 3 aromatic rings. The molecule has 1 amide bonds. The molecular weight excluding hydrogens is 481 g/mol. The normalized spacial score (nSPS) is 23.7. The quantitative estimate of drug-likeness (QED) is 0.382. The van der Waals surface area contributed by atoms with Gasteiger partial charge in [0.15, 0.2) is 6.10 Å². The Morgan fingerprint density at radius 3 is 2.32 bits per heavy atom. The standard InChI is InChI=1S/C25H23Cl2NO6/c26-19-4-1-5-22(23(19)27)33-13-14(34-25(30)18-11-16(18)21-7-3-9-32-21)12-28-24(29)17-10-15(17)20-6-2-8-31-20/h1-9,14-18H,10-13H2,(H,28,29)/t14-,15-,16+,17+,18-/m1/s1. The molecule has 5 atom stereocenters. The van der Waals surface area contributed by atoms with Gasteiger partial charge in [-0.15, -0.1) is 0 Å². The lowest BCUT2D eigenvalue weighted by Crippen LogP contribution is -2.39. The maximum atomic E-state index is 12.8. The average molecular weight is 504 g/mol. The third-order valence-electron chi connectivity index (χ3n) is 6.17. The third-order valence-corrected chi connectivity index (χ3v) is 6.97. The molecule has 0 saturated heterocycles. The molecule has 0 radical (unpaired) electrons. The fourth-order valence-electron chi connectivity index (χ4n) is 4.08. The Balaban J connectivity index is 1.19. The molecule has 5 rings (SSSR count). The Morgan fingerprint density at radius 2 is 1.65 bits per heavy atom. The number of hydrogen-bond acceptors (Lipinski definition) is 6. The summed E-state index contributed by atoms with van der Waals surface area (Å²) in [5.74, 6) is 1.17. The maximum Gasteiger partial charge on any atom is 0.310 e. The van der Waals surface area contributed by atoms with E-state index in [1.54, 1.807) is 36.8 Å². The van der Waals surface area contributed by atoms with Crippen LogP contribution in [-0.4, -0.2) is 31.1 Å². The summed E-state index contributed by atoms with van der Waals surface area (Å²) in [6.07, 6.45) is 3.88. The van der Waals surface area contributed by atoms with Crippen LogP contribution < -0.4 is 10.1 Å². The van der Waals surface area contributed by atoms with Gasteiger partial charge in [-0.05, 0) is 49.2 Å². The second kappa shape index (κ2) is 9.76. The second-order valence-corrected chi connectivity index (χ2v) is 9.38. The first-order chi connectivity index (χ1) is 16.5. The fraction of sp³-hybridized carbons (Fsp3) is 0.360. The van der Waals surface area contributed by atoms with E-state index in [0.717, 1.165) is 17.9 Å². The molecule has 7 nitrogen and oxygen atoms in total. The van der Waals surface area contributed by atoms with Gasteiger partial charge in [0.2, 0.25) is 5.91 Å². The predicted molar refractivity (Wildman–Crippen MR) is 124 cm³/mol. The van der Waals surface area contributed by atoms with Crippen molar-refractivity contribution in [3.63, 3.8) is 0 Å². The van der Waals surface area contributed by atoms with Crippen molar-refractivity contribution in [1.29, 1.82) is 0 Å². The summed E-state index contributed by atoms with van der Waals surface area (Å²) in [4.78, 5) is 25.4. The van der Waals surface area contributed by atoms with Crippen molar-refractivity contribution in [2.45, 2.75) is 30.8 Å². The number of rotatable bonds is 10. The van der Waals surface area contributed by atoms with Gasteiger partial charge in [-0.3, -0.25) is 9.59 Å². The summed E-state index contributed by atoms with van der Waals surface area (Å²) in [6, 6.07) is 12.4. The lowest BCUT2D eigenvalue weighted by molar-refractivity contribution is -0.152. The molecule has 9 heteroatoms. The van der Waals surface area contributed by atoms with E-state index in [0.29, 0.717) is 17.2 Å². The zero-order valence-corrected chi connectivity index (χ0v) is 19.6. The molecule has 0 spiro atoms. The van der Waals surface area contributed by atoms with E-state index in [1.165, 1.54) is 0 Å². The van der Waals surface area contributed by atoms with Crippen molar-refractivity contribution in [2.24, 2.45) is 11.8 Å². The van der Waals surface area contributed by atoms with Gasteiger partial charge in [0.1, 0.15) is 28.9 Å². The number of carbonyl (C=O) groups is 2. The molecule has 2 saturated carbocycles. The van der Waals surface area contributed by atoms with E-state index in [1.807, 2.05) is 18.2 Å². The third kappa shape index (κ3) is 5.10. The SMILES string of the molecule is O=C(NC[C@H](COc1cccc(Cl)c1Cl)OC(=O)[C@@H]1C[C@@H]1c1ccco1)[C@H]1C[C@H]1c1ccco1. The Bertz CT molecular complexity index is 1150. The van der Waals surface area contributed by atoms with Gasteiger partial charge >= 0.3 is 5.97 Å². The van der Waals surface area contributed by atoms with Crippen molar-refractivity contribution >= 4 is 35.1 Å². The van der Waals surface area contributed by atoms with Crippen LogP contribution in [0.2, 0.25) is 10.0 Å². The van der Waals surface area contributed by atoms with Crippen molar-refractivity contribution < 1.29 is 27.9 Å². The molecule has 1 N–H and O–H groups in total. The molecule has 2 fully saturated rings. The highest BCUT2D eigenvalue weighted by atomic mass is 35.5. The number of carbonyl (C=O) groups excluding carboxylic acids is 2. The number of furan rings is 2. The van der Waals surface area contributed by atoms with E-state index < -0.39 is 6.10 Å². The predicted octanol–water partition coefficient (Wildman–Crippen LogP) is 5.19. The summed E-state index contributed by atoms with van der Waals surface area (Å²) < 4.78 is 22.3. The number of halogens is 2. The van der Waals surface area contributed by atoms with Crippen LogP contribution in [0.25, 0.3) is 0 Å². The molecule has 0 aliphatic heterocycles. The van der Waals surface area contributed by atoms with Crippen molar-refractivity contribution in [2.75, 3.05) is 13.2 Å². The van der Waals surface area contributed by atoms with E-state index in [2.05, 4.69) is 5.32 Å². The molecule has 1 aromatic carbocycles. The van der Waals surface area contributed by atoms with Crippen molar-refractivity contribution in [3.8, 4) is 5.75 Å². The Kier molecular flexibility index (Phi) is 6.57. The van der Waals surface area contributed by atoms with Crippen molar-refractivity contribution in [1.82, 2.24) is 5.32 Å². The second-order valence-electron chi connectivity index (χ2n) is 8.60. The van der Waals surface area contributed by atoms with Gasteiger partial charge in [-0.1, -0.05) is 29.3 Å². The van der Waals surface area contributed by atoms with Crippen LogP contribution in [-0.2, 0) is 14.3 Å². The number of nitrogens with one attached hydrogen (secondary N) is 1. The smallest absolute Gasteiger partial charge is 0.310 e. The molecule has 2 aliphatic rings. The lowest BCUT2D eigenvalue weighted by atomic mass is 10.2. The first-order valence-corrected chi connectivity index (χ1v) is 11.9. The van der Waals surface area contributed by atoms with E-state index >= 15 is 0 Å². The molecular formula is C25H23Cl2NO6. The van der Waals surface area contributed by atoms with Crippen molar-refractivity contribution in [3.05, 3.63) is 76.6 Å². The molecule has 2 aliphatic carbocycles. The fourth-order valence-corrected chi connectivity index (χ4v) is 4.43. The highest BCUT2D eigenvalue weighted by molar-refractivity contribution is 6.42. The lowest BCUT2D eigenvalue weighted by Gasteiger charge is -2.20. The first-order valence-electron chi connectivity index (χ1n) is 11.1. The van der Waals surface area contributed by atoms with E-state index in [4.69, 9.17) is 41.5 Å². The van der Waals surface area contributed by atoms with Crippen LogP contribution in [0, 0.1) is 11.8 Å². The van der Waals surface area contributed by atoms with Crippen LogP contribution in [0.5, 0.6) is 5.75 Å². The highest BCUT2D eigenvalue weighted by Gasteiger charge is 2.48. The molecule has 0 unspecified atom stereocenters. The van der Waals surface area contributed by atoms with Gasteiger partial charge in [0.05, 0.1) is 30.0 Å². The summed E-state index contributed by atoms with van der Waals surface area (Å²) in [6.45, 7) is 0.124. The Morgan fingerprint density at radius 1 is 0.971 bits per heavy atom. The van der Waals surface area contributed by atoms with Crippen LogP contribution in [0.1, 0.15) is 36.2 Å².